The summed E-state index contributed by atoms with van der Waals surface area (Å²) in [5.74, 6) is 0.288. The highest BCUT2D eigenvalue weighted by Crippen LogP contribution is 2.43. The molecule has 0 radical (unpaired) electrons. The summed E-state index contributed by atoms with van der Waals surface area (Å²) in [5, 5.41) is 10.2. The van der Waals surface area contributed by atoms with Gasteiger partial charge in [-0.2, -0.15) is 0 Å². The molecule has 24 heavy (non-hydrogen) atoms. The zero-order chi connectivity index (χ0) is 17.4. The highest BCUT2D eigenvalue weighted by atomic mass is 16.5. The molecule has 1 aromatic rings. The average Bonchev–Trinajstić information content (AvgIpc) is 3.43. The largest absolute Gasteiger partial charge is 0.462 e. The van der Waals surface area contributed by atoms with Gasteiger partial charge in [0.05, 0.1) is 6.61 Å². The smallest absolute Gasteiger partial charge is 0.319 e. The first kappa shape index (κ1) is 19.0. The minimum absolute atomic E-state index is 0.0436. The molecule has 1 fully saturated rings. The fraction of sp³-hybridized carbons (Fsp3) is 0.667. The number of aliphatic hydroxyl groups excluding tert-OH is 1. The van der Waals surface area contributed by atoms with Crippen LogP contribution in [0.4, 0.5) is 0 Å². The SMILES string of the molecule is CCCCCC(CC)OC(=O)C(CO)(CC1CC1)c1ccccc1. The van der Waals surface area contributed by atoms with Gasteiger partial charge in [0, 0.05) is 0 Å². The van der Waals surface area contributed by atoms with Crippen molar-refractivity contribution in [1.82, 2.24) is 0 Å². The third kappa shape index (κ3) is 4.83. The molecule has 0 aromatic heterocycles. The van der Waals surface area contributed by atoms with Gasteiger partial charge < -0.3 is 9.84 Å². The van der Waals surface area contributed by atoms with E-state index < -0.39 is 5.41 Å². The van der Waals surface area contributed by atoms with Crippen LogP contribution in [0.1, 0.15) is 70.8 Å². The molecule has 3 nitrogen and oxygen atoms in total. The Morgan fingerprint density at radius 1 is 1.25 bits per heavy atom. The van der Waals surface area contributed by atoms with Crippen molar-refractivity contribution in [3.8, 4) is 0 Å². The minimum Gasteiger partial charge on any atom is -0.462 e. The molecule has 0 amide bonds. The Balaban J connectivity index is 2.14. The Hall–Kier alpha value is -1.35. The second-order valence-electron chi connectivity index (χ2n) is 7.19. The Labute approximate surface area is 146 Å². The lowest BCUT2D eigenvalue weighted by atomic mass is 9.76. The molecule has 134 valence electrons. The van der Waals surface area contributed by atoms with E-state index in [4.69, 9.17) is 4.74 Å². The molecule has 2 unspecified atom stereocenters. The van der Waals surface area contributed by atoms with Gasteiger partial charge in [0.25, 0.3) is 0 Å². The van der Waals surface area contributed by atoms with E-state index >= 15 is 0 Å². The molecule has 1 aliphatic rings. The van der Waals surface area contributed by atoms with Gasteiger partial charge in [-0.1, -0.05) is 69.9 Å². The summed E-state index contributed by atoms with van der Waals surface area (Å²) >= 11 is 0. The third-order valence-electron chi connectivity index (χ3n) is 5.18. The number of hydrogen-bond acceptors (Lipinski definition) is 3. The van der Waals surface area contributed by atoms with Crippen LogP contribution in [0.3, 0.4) is 0 Å². The molecule has 1 N–H and O–H groups in total. The van der Waals surface area contributed by atoms with Crippen LogP contribution in [0.15, 0.2) is 30.3 Å². The van der Waals surface area contributed by atoms with Crippen molar-refractivity contribution in [2.45, 2.75) is 76.7 Å². The predicted molar refractivity (Wildman–Crippen MR) is 96.9 cm³/mol. The number of ether oxygens (including phenoxy) is 1. The van der Waals surface area contributed by atoms with Crippen molar-refractivity contribution in [1.29, 1.82) is 0 Å². The number of hydrogen-bond donors (Lipinski definition) is 1. The number of rotatable bonds is 11. The first-order valence-electron chi connectivity index (χ1n) is 9.53. The molecule has 2 atom stereocenters. The van der Waals surface area contributed by atoms with Crippen LogP contribution < -0.4 is 0 Å². The number of carbonyl (C=O) groups excluding carboxylic acids is 1. The summed E-state index contributed by atoms with van der Waals surface area (Å²) in [6.07, 6.45) is 8.10. The van der Waals surface area contributed by atoms with E-state index in [0.29, 0.717) is 12.3 Å². The Bertz CT molecular complexity index is 495. The van der Waals surface area contributed by atoms with Gasteiger partial charge in [0.1, 0.15) is 11.5 Å². The molecule has 1 saturated carbocycles. The zero-order valence-electron chi connectivity index (χ0n) is 15.2. The minimum atomic E-state index is -0.902. The van der Waals surface area contributed by atoms with Crippen molar-refractivity contribution in [3.63, 3.8) is 0 Å². The summed E-state index contributed by atoms with van der Waals surface area (Å²) in [6, 6.07) is 9.68. The number of esters is 1. The molecule has 0 spiro atoms. The summed E-state index contributed by atoms with van der Waals surface area (Å²) in [6.45, 7) is 4.06. The van der Waals surface area contributed by atoms with Crippen molar-refractivity contribution in [2.24, 2.45) is 5.92 Å². The Morgan fingerprint density at radius 3 is 2.50 bits per heavy atom. The Kier molecular flexibility index (Phi) is 7.29. The number of unbranched alkanes of at least 4 members (excludes halogenated alkanes) is 2. The van der Waals surface area contributed by atoms with E-state index in [9.17, 15) is 9.90 Å². The molecule has 0 aliphatic heterocycles. The molecule has 0 heterocycles. The first-order valence-corrected chi connectivity index (χ1v) is 9.53. The number of benzene rings is 1. The molecule has 1 aliphatic carbocycles. The van der Waals surface area contributed by atoms with Crippen molar-refractivity contribution >= 4 is 5.97 Å². The number of aliphatic hydroxyl groups is 1. The second-order valence-corrected chi connectivity index (χ2v) is 7.19. The summed E-state index contributed by atoms with van der Waals surface area (Å²) < 4.78 is 5.89. The van der Waals surface area contributed by atoms with E-state index in [0.717, 1.165) is 44.1 Å². The van der Waals surface area contributed by atoms with E-state index in [-0.39, 0.29) is 18.7 Å². The van der Waals surface area contributed by atoms with Crippen LogP contribution in [0.2, 0.25) is 0 Å². The highest BCUT2D eigenvalue weighted by molar-refractivity contribution is 5.83. The average molecular weight is 332 g/mol. The van der Waals surface area contributed by atoms with Gasteiger partial charge in [0.15, 0.2) is 0 Å². The van der Waals surface area contributed by atoms with Crippen LogP contribution in [0.25, 0.3) is 0 Å². The van der Waals surface area contributed by atoms with Crippen LogP contribution in [-0.4, -0.2) is 23.8 Å². The lowest BCUT2D eigenvalue weighted by molar-refractivity contribution is -0.159. The summed E-state index contributed by atoms with van der Waals surface area (Å²) in [7, 11) is 0. The zero-order valence-corrected chi connectivity index (χ0v) is 15.2. The molecule has 0 bridgehead atoms. The molecular weight excluding hydrogens is 300 g/mol. The van der Waals surface area contributed by atoms with Gasteiger partial charge in [-0.05, 0) is 37.2 Å². The predicted octanol–water partition coefficient (Wildman–Crippen LogP) is 4.62. The fourth-order valence-electron chi connectivity index (χ4n) is 3.34. The van der Waals surface area contributed by atoms with E-state index in [1.165, 1.54) is 6.42 Å². The van der Waals surface area contributed by atoms with Gasteiger partial charge in [0.2, 0.25) is 0 Å². The van der Waals surface area contributed by atoms with Crippen molar-refractivity contribution < 1.29 is 14.6 Å². The maximum absolute atomic E-state index is 13.1. The molecule has 1 aromatic carbocycles. The lowest BCUT2D eigenvalue weighted by Gasteiger charge is -2.32. The van der Waals surface area contributed by atoms with Crippen LogP contribution >= 0.6 is 0 Å². The van der Waals surface area contributed by atoms with E-state index in [1.807, 2.05) is 30.3 Å². The third-order valence-corrected chi connectivity index (χ3v) is 5.18. The Morgan fingerprint density at radius 2 is 1.96 bits per heavy atom. The highest BCUT2D eigenvalue weighted by Gasteiger charge is 2.46. The summed E-state index contributed by atoms with van der Waals surface area (Å²) in [5.41, 5.74) is -0.0199. The summed E-state index contributed by atoms with van der Waals surface area (Å²) in [4.78, 5) is 13.1. The van der Waals surface area contributed by atoms with Crippen molar-refractivity contribution in [2.75, 3.05) is 6.61 Å². The second kappa shape index (κ2) is 9.22. The maximum atomic E-state index is 13.1. The molecule has 2 rings (SSSR count). The van der Waals surface area contributed by atoms with Crippen molar-refractivity contribution in [3.05, 3.63) is 35.9 Å². The maximum Gasteiger partial charge on any atom is 0.319 e. The lowest BCUT2D eigenvalue weighted by Crippen LogP contribution is -2.43. The molecule has 0 saturated heterocycles. The standard InChI is InChI=1S/C21H32O3/c1-3-5-7-12-19(4-2)24-20(23)21(16-22,15-17-13-14-17)18-10-8-6-9-11-18/h6,8-11,17,19,22H,3-5,7,12-16H2,1-2H3. The quantitative estimate of drug-likeness (QED) is 0.475. The number of carbonyl (C=O) groups is 1. The first-order chi connectivity index (χ1) is 11.7. The van der Waals surface area contributed by atoms with Gasteiger partial charge in [-0.25, -0.2) is 0 Å². The molecular formula is C21H32O3. The monoisotopic (exact) mass is 332 g/mol. The van der Waals surface area contributed by atoms with Crippen LogP contribution in [0.5, 0.6) is 0 Å². The van der Waals surface area contributed by atoms with Crippen LogP contribution in [-0.2, 0) is 14.9 Å². The fourth-order valence-corrected chi connectivity index (χ4v) is 3.34. The van der Waals surface area contributed by atoms with E-state index in [1.54, 1.807) is 0 Å². The topological polar surface area (TPSA) is 46.5 Å². The van der Waals surface area contributed by atoms with Gasteiger partial charge in [-0.15, -0.1) is 0 Å². The molecule has 3 heteroatoms. The van der Waals surface area contributed by atoms with Gasteiger partial charge in [-0.3, -0.25) is 4.79 Å². The van der Waals surface area contributed by atoms with E-state index in [2.05, 4.69) is 13.8 Å². The van der Waals surface area contributed by atoms with Gasteiger partial charge >= 0.3 is 5.97 Å². The van der Waals surface area contributed by atoms with Crippen LogP contribution in [0, 0.1) is 5.92 Å². The normalized spacial score (nSPS) is 18.0.